The summed E-state index contributed by atoms with van der Waals surface area (Å²) in [6, 6.07) is 5.62. The number of rotatable bonds is 1. The summed E-state index contributed by atoms with van der Waals surface area (Å²) < 4.78 is 0. The number of hydrogen-bond donors (Lipinski definition) is 1. The van der Waals surface area contributed by atoms with Crippen molar-refractivity contribution in [2.75, 3.05) is 13.1 Å². The molecule has 1 atom stereocenters. The summed E-state index contributed by atoms with van der Waals surface area (Å²) in [6.45, 7) is 1.46. The smallest absolute Gasteiger partial charge is 0.144 e. The predicted molar refractivity (Wildman–Crippen MR) is 78.7 cm³/mol. The molecule has 1 aliphatic heterocycles. The Morgan fingerprint density at radius 2 is 2.30 bits per heavy atom. The first-order valence-electron chi connectivity index (χ1n) is 7.02. The Bertz CT molecular complexity index is 594. The summed E-state index contributed by atoms with van der Waals surface area (Å²) in [5.74, 6) is 5.98. The molecule has 3 nitrogen and oxygen atoms in total. The fourth-order valence-electron chi connectivity index (χ4n) is 2.61. The lowest BCUT2D eigenvalue weighted by atomic mass is 10.0. The van der Waals surface area contributed by atoms with Gasteiger partial charge in [0.25, 0.3) is 0 Å². The summed E-state index contributed by atoms with van der Waals surface area (Å²) in [5, 5.41) is 10.6. The molecule has 1 N–H and O–H groups in total. The van der Waals surface area contributed by atoms with Gasteiger partial charge in [0.05, 0.1) is 6.54 Å². The van der Waals surface area contributed by atoms with Crippen LogP contribution in [0.15, 0.2) is 48.3 Å². The maximum Gasteiger partial charge on any atom is 0.144 e. The number of nitrogens with zero attached hydrogens (tertiary/aromatic N) is 2. The molecule has 1 unspecified atom stereocenters. The normalized spacial score (nSPS) is 25.1. The molecule has 1 saturated heterocycles. The van der Waals surface area contributed by atoms with Crippen LogP contribution in [0.2, 0.25) is 0 Å². The van der Waals surface area contributed by atoms with Crippen molar-refractivity contribution in [3.63, 3.8) is 0 Å². The highest BCUT2D eigenvalue weighted by molar-refractivity contribution is 5.32. The minimum absolute atomic E-state index is 0.590. The van der Waals surface area contributed by atoms with Gasteiger partial charge >= 0.3 is 0 Å². The van der Waals surface area contributed by atoms with E-state index in [1.807, 2.05) is 18.2 Å². The van der Waals surface area contributed by atoms with Gasteiger partial charge in [0.2, 0.25) is 0 Å². The zero-order chi connectivity index (χ0) is 13.8. The van der Waals surface area contributed by atoms with Crippen molar-refractivity contribution in [3.05, 3.63) is 54.0 Å². The Hall–Kier alpha value is -2.05. The molecule has 0 aromatic carbocycles. The van der Waals surface area contributed by atoms with Crippen LogP contribution < -0.4 is 0 Å². The molecule has 1 aromatic heterocycles. The third-order valence-corrected chi connectivity index (χ3v) is 3.73. The molecule has 20 heavy (non-hydrogen) atoms. The second-order valence-corrected chi connectivity index (χ2v) is 5.29. The van der Waals surface area contributed by atoms with Gasteiger partial charge in [0.1, 0.15) is 11.3 Å². The molecule has 0 spiro atoms. The van der Waals surface area contributed by atoms with Crippen LogP contribution in [0.3, 0.4) is 0 Å². The number of β-amino-alcohol motifs (C(OH)–C–C–N with tert-alkyl or cyclic N) is 1. The Labute approximate surface area is 119 Å². The van der Waals surface area contributed by atoms with Crippen LogP contribution in [0, 0.1) is 11.8 Å². The molecule has 3 heteroatoms. The first-order valence-corrected chi connectivity index (χ1v) is 7.02. The number of pyridine rings is 1. The van der Waals surface area contributed by atoms with E-state index in [0.29, 0.717) is 18.7 Å². The maximum atomic E-state index is 10.6. The Kier molecular flexibility index (Phi) is 3.58. The molecule has 0 saturated carbocycles. The molecular formula is C17H18N2O. The van der Waals surface area contributed by atoms with Gasteiger partial charge < -0.3 is 10.0 Å². The lowest BCUT2D eigenvalue weighted by Gasteiger charge is -2.24. The number of aromatic nitrogens is 1. The number of hydrogen-bond acceptors (Lipinski definition) is 3. The third-order valence-electron chi connectivity index (χ3n) is 3.73. The molecule has 3 rings (SSSR count). The lowest BCUT2D eigenvalue weighted by molar-refractivity contribution is 0.113. The highest BCUT2D eigenvalue weighted by Gasteiger charge is 2.35. The van der Waals surface area contributed by atoms with Crippen molar-refractivity contribution in [1.29, 1.82) is 0 Å². The molecule has 1 fully saturated rings. The van der Waals surface area contributed by atoms with E-state index in [0.717, 1.165) is 19.4 Å². The molecule has 0 bridgehead atoms. The Balaban J connectivity index is 1.71. The first-order chi connectivity index (χ1) is 9.75. The zero-order valence-corrected chi connectivity index (χ0v) is 11.4. The van der Waals surface area contributed by atoms with Crippen LogP contribution in [-0.4, -0.2) is 33.7 Å². The number of likely N-dealkylation sites (tertiary alicyclic amines) is 1. The van der Waals surface area contributed by atoms with E-state index in [1.54, 1.807) is 6.20 Å². The molecule has 0 amide bonds. The quantitative estimate of drug-likeness (QED) is 0.791. The number of aliphatic hydroxyl groups is 1. The molecule has 2 aliphatic rings. The van der Waals surface area contributed by atoms with Crippen molar-refractivity contribution in [1.82, 2.24) is 9.88 Å². The van der Waals surface area contributed by atoms with Gasteiger partial charge in [0, 0.05) is 24.9 Å². The monoisotopic (exact) mass is 266 g/mol. The topological polar surface area (TPSA) is 36.4 Å². The Morgan fingerprint density at radius 1 is 1.35 bits per heavy atom. The van der Waals surface area contributed by atoms with E-state index in [9.17, 15) is 5.11 Å². The van der Waals surface area contributed by atoms with Gasteiger partial charge in [-0.2, -0.15) is 0 Å². The second kappa shape index (κ2) is 5.52. The van der Waals surface area contributed by atoms with Gasteiger partial charge in [0.15, 0.2) is 0 Å². The third kappa shape index (κ3) is 2.92. The zero-order valence-electron chi connectivity index (χ0n) is 11.4. The van der Waals surface area contributed by atoms with Crippen LogP contribution in [0.4, 0.5) is 0 Å². The second-order valence-electron chi connectivity index (χ2n) is 5.29. The standard InChI is InChI=1S/C17H18N2O/c20-17(10-9-15-6-4-5-12-18-15)11-13-19(14-17)16-7-2-1-3-8-16/h1-2,4-7,12,20H,3,8,11,13-14H2. The molecule has 0 radical (unpaired) electrons. The lowest BCUT2D eigenvalue weighted by Crippen LogP contribution is -2.31. The van der Waals surface area contributed by atoms with E-state index < -0.39 is 5.60 Å². The summed E-state index contributed by atoms with van der Waals surface area (Å²) in [4.78, 5) is 6.41. The van der Waals surface area contributed by atoms with Gasteiger partial charge in [-0.25, -0.2) is 4.98 Å². The fourth-order valence-corrected chi connectivity index (χ4v) is 2.61. The SMILES string of the molecule is OC1(C#Cc2ccccn2)CCN(C2=CC=CCC2)C1. The van der Waals surface area contributed by atoms with Gasteiger partial charge in [-0.3, -0.25) is 0 Å². The van der Waals surface area contributed by atoms with Gasteiger partial charge in [-0.15, -0.1) is 0 Å². The molecule has 102 valence electrons. The van der Waals surface area contributed by atoms with Crippen molar-refractivity contribution < 1.29 is 5.11 Å². The van der Waals surface area contributed by atoms with E-state index in [-0.39, 0.29) is 0 Å². The van der Waals surface area contributed by atoms with Crippen LogP contribution >= 0.6 is 0 Å². The van der Waals surface area contributed by atoms with Crippen molar-refractivity contribution in [2.45, 2.75) is 24.9 Å². The van der Waals surface area contributed by atoms with E-state index in [1.165, 1.54) is 5.70 Å². The molecule has 1 aliphatic carbocycles. The minimum atomic E-state index is -0.917. The van der Waals surface area contributed by atoms with E-state index in [4.69, 9.17) is 0 Å². The van der Waals surface area contributed by atoms with Crippen molar-refractivity contribution in [3.8, 4) is 11.8 Å². The van der Waals surface area contributed by atoms with E-state index >= 15 is 0 Å². The highest BCUT2D eigenvalue weighted by Crippen LogP contribution is 2.27. The highest BCUT2D eigenvalue weighted by atomic mass is 16.3. The van der Waals surface area contributed by atoms with Crippen LogP contribution in [0.5, 0.6) is 0 Å². The average molecular weight is 266 g/mol. The number of allylic oxidation sites excluding steroid dienone is 4. The summed E-state index contributed by atoms with van der Waals surface area (Å²) >= 11 is 0. The van der Waals surface area contributed by atoms with Crippen LogP contribution in [0.1, 0.15) is 25.0 Å². The first kappa shape index (κ1) is 13.0. The largest absolute Gasteiger partial charge is 0.376 e. The maximum absolute atomic E-state index is 10.6. The van der Waals surface area contributed by atoms with Crippen LogP contribution in [-0.2, 0) is 0 Å². The molecule has 1 aromatic rings. The summed E-state index contributed by atoms with van der Waals surface area (Å²) in [5.41, 5.74) is 1.10. The molecular weight excluding hydrogens is 248 g/mol. The average Bonchev–Trinajstić information content (AvgIpc) is 2.90. The van der Waals surface area contributed by atoms with E-state index in [2.05, 4.69) is 40.0 Å². The summed E-state index contributed by atoms with van der Waals surface area (Å²) in [7, 11) is 0. The summed E-state index contributed by atoms with van der Waals surface area (Å²) in [6.07, 6.45) is 11.0. The van der Waals surface area contributed by atoms with Crippen LogP contribution in [0.25, 0.3) is 0 Å². The minimum Gasteiger partial charge on any atom is -0.376 e. The van der Waals surface area contributed by atoms with Crippen molar-refractivity contribution >= 4 is 0 Å². The van der Waals surface area contributed by atoms with Gasteiger partial charge in [-0.1, -0.05) is 24.1 Å². The Morgan fingerprint density at radius 3 is 3.05 bits per heavy atom. The molecule has 2 heterocycles. The predicted octanol–water partition coefficient (Wildman–Crippen LogP) is 2.10. The van der Waals surface area contributed by atoms with Crippen molar-refractivity contribution in [2.24, 2.45) is 0 Å². The fraction of sp³-hybridized carbons (Fsp3) is 0.353. The van der Waals surface area contributed by atoms with Gasteiger partial charge in [-0.05, 0) is 37.0 Å².